The van der Waals surface area contributed by atoms with Crippen LogP contribution < -0.4 is 14.9 Å². The van der Waals surface area contributed by atoms with Crippen molar-refractivity contribution in [2.45, 2.75) is 31.4 Å². The topological polar surface area (TPSA) is 119 Å². The summed E-state index contributed by atoms with van der Waals surface area (Å²) in [5.74, 6) is 1.56. The molecule has 3 rings (SSSR count). The largest absolute Gasteiger partial charge is 0.504 e. The highest BCUT2D eigenvalue weighted by atomic mass is 32.2. The molecule has 1 aromatic heterocycles. The lowest BCUT2D eigenvalue weighted by Crippen LogP contribution is -2.19. The van der Waals surface area contributed by atoms with E-state index in [9.17, 15) is 9.90 Å². The first-order valence-electron chi connectivity index (χ1n) is 10.3. The summed E-state index contributed by atoms with van der Waals surface area (Å²) in [6.07, 6.45) is 3.88. The number of aromatic hydroxyl groups is 1. The smallest absolute Gasteiger partial charge is 0.277 e. The van der Waals surface area contributed by atoms with Gasteiger partial charge in [-0.1, -0.05) is 23.9 Å². The summed E-state index contributed by atoms with van der Waals surface area (Å²) >= 11 is 1.15. The van der Waals surface area contributed by atoms with Crippen LogP contribution in [0.1, 0.15) is 29.0 Å². The van der Waals surface area contributed by atoms with Crippen molar-refractivity contribution in [3.05, 3.63) is 59.0 Å². The number of nitrogens with zero attached hydrogens (tertiary/aromatic N) is 3. The third kappa shape index (κ3) is 7.25. The molecule has 0 saturated heterocycles. The van der Waals surface area contributed by atoms with Gasteiger partial charge in [0.25, 0.3) is 11.1 Å². The molecule has 0 aliphatic carbocycles. The first kappa shape index (κ1) is 24.1. The molecular weight excluding hydrogens is 444 g/mol. The number of phenolic OH excluding ortho intramolecular Hbond substituents is 1. The van der Waals surface area contributed by atoms with Crippen molar-refractivity contribution in [1.29, 1.82) is 0 Å². The van der Waals surface area contributed by atoms with Crippen molar-refractivity contribution in [3.8, 4) is 17.2 Å². The van der Waals surface area contributed by atoms with E-state index in [1.807, 2.05) is 13.0 Å². The van der Waals surface area contributed by atoms with Crippen LogP contribution in [0.15, 0.2) is 51.1 Å². The minimum absolute atomic E-state index is 0.0323. The van der Waals surface area contributed by atoms with Crippen molar-refractivity contribution in [2.24, 2.45) is 5.10 Å². The number of carbonyl (C=O) groups is 1. The zero-order valence-electron chi connectivity index (χ0n) is 18.7. The predicted octanol–water partition coefficient (Wildman–Crippen LogP) is 3.52. The molecule has 0 bridgehead atoms. The van der Waals surface area contributed by atoms with Gasteiger partial charge >= 0.3 is 0 Å². The van der Waals surface area contributed by atoms with Crippen LogP contribution in [-0.4, -0.2) is 47.4 Å². The molecule has 1 amide bonds. The minimum Gasteiger partial charge on any atom is -0.504 e. The van der Waals surface area contributed by atoms with E-state index >= 15 is 0 Å². The van der Waals surface area contributed by atoms with Gasteiger partial charge in [-0.25, -0.2) is 5.43 Å². The summed E-state index contributed by atoms with van der Waals surface area (Å²) in [5.41, 5.74) is 5.44. The first-order chi connectivity index (χ1) is 16.0. The molecule has 0 unspecified atom stereocenters. The third-order valence-electron chi connectivity index (χ3n) is 4.70. The molecule has 2 aromatic carbocycles. The number of aromatic nitrogens is 2. The monoisotopic (exact) mass is 470 g/mol. The molecule has 0 fully saturated rings. The second kappa shape index (κ2) is 11.9. The Bertz CT molecular complexity index is 1120. The Labute approximate surface area is 196 Å². The quantitative estimate of drug-likeness (QED) is 0.248. The van der Waals surface area contributed by atoms with E-state index in [1.165, 1.54) is 25.0 Å². The maximum absolute atomic E-state index is 12.0. The van der Waals surface area contributed by atoms with Crippen molar-refractivity contribution in [2.75, 3.05) is 20.0 Å². The van der Waals surface area contributed by atoms with Crippen LogP contribution >= 0.6 is 11.8 Å². The summed E-state index contributed by atoms with van der Waals surface area (Å²) < 4.78 is 15.9. The molecule has 0 spiro atoms. The fourth-order valence-corrected chi connectivity index (χ4v) is 3.62. The molecule has 0 atom stereocenters. The number of thioether (sulfide) groups is 1. The summed E-state index contributed by atoms with van der Waals surface area (Å²) in [7, 11) is 3.12. The number of nitrogens with one attached hydrogen (secondary N) is 1. The molecule has 0 radical (unpaired) electrons. The highest BCUT2D eigenvalue weighted by molar-refractivity contribution is 7.99. The van der Waals surface area contributed by atoms with E-state index in [4.69, 9.17) is 13.9 Å². The SMILES string of the molecule is COc1ccc(CCCc2nnc(SCC(=O)NN=Cc3ccc(O)c(OC)c3)o2)cc1C. The van der Waals surface area contributed by atoms with Crippen LogP contribution in [0.5, 0.6) is 17.2 Å². The van der Waals surface area contributed by atoms with Crippen molar-refractivity contribution < 1.29 is 23.8 Å². The molecular formula is C23H26N4O5S. The Morgan fingerprint density at radius 3 is 2.73 bits per heavy atom. The van der Waals surface area contributed by atoms with E-state index in [0.717, 1.165) is 35.9 Å². The Kier molecular flexibility index (Phi) is 8.71. The van der Waals surface area contributed by atoms with Crippen LogP contribution in [0.25, 0.3) is 0 Å². The van der Waals surface area contributed by atoms with Gasteiger partial charge in [0.1, 0.15) is 5.75 Å². The third-order valence-corrected chi connectivity index (χ3v) is 5.52. The molecule has 0 aliphatic heterocycles. The standard InChI is InChI=1S/C23H26N4O5S/c1-15-11-16(8-10-19(15)30-2)5-4-6-22-26-27-23(32-22)33-14-21(29)25-24-13-17-7-9-18(28)20(12-17)31-3/h7-13,28H,4-6,14H2,1-3H3,(H,25,29). The normalized spacial score (nSPS) is 11.0. The molecule has 2 N–H and O–H groups in total. The van der Waals surface area contributed by atoms with Crippen molar-refractivity contribution in [3.63, 3.8) is 0 Å². The highest BCUT2D eigenvalue weighted by Crippen LogP contribution is 2.25. The minimum atomic E-state index is -0.309. The number of amides is 1. The van der Waals surface area contributed by atoms with Gasteiger partial charge in [-0.15, -0.1) is 10.2 Å². The average Bonchev–Trinajstić information content (AvgIpc) is 3.26. The highest BCUT2D eigenvalue weighted by Gasteiger charge is 2.10. The number of hydrogen-bond donors (Lipinski definition) is 2. The molecule has 174 valence electrons. The Morgan fingerprint density at radius 1 is 1.15 bits per heavy atom. The van der Waals surface area contributed by atoms with Crippen LogP contribution in [0.2, 0.25) is 0 Å². The molecule has 9 nitrogen and oxygen atoms in total. The van der Waals surface area contributed by atoms with Gasteiger partial charge in [0, 0.05) is 6.42 Å². The predicted molar refractivity (Wildman–Crippen MR) is 125 cm³/mol. The fourth-order valence-electron chi connectivity index (χ4n) is 3.05. The van der Waals surface area contributed by atoms with Gasteiger partial charge in [-0.2, -0.15) is 5.10 Å². The molecule has 0 aliphatic rings. The maximum atomic E-state index is 12.0. The van der Waals surface area contributed by atoms with Crippen molar-refractivity contribution >= 4 is 23.9 Å². The summed E-state index contributed by atoms with van der Waals surface area (Å²) in [6, 6.07) is 10.9. The Hall–Kier alpha value is -3.53. The van der Waals surface area contributed by atoms with Gasteiger partial charge in [-0.05, 0) is 60.7 Å². The molecule has 3 aromatic rings. The van der Waals surface area contributed by atoms with Gasteiger partial charge < -0.3 is 19.0 Å². The molecule has 1 heterocycles. The number of hydrogen-bond acceptors (Lipinski definition) is 9. The summed E-state index contributed by atoms with van der Waals surface area (Å²) in [6.45, 7) is 2.02. The van der Waals surface area contributed by atoms with Gasteiger partial charge in [0.15, 0.2) is 11.5 Å². The van der Waals surface area contributed by atoms with E-state index in [1.54, 1.807) is 19.2 Å². The van der Waals surface area contributed by atoms with Crippen LogP contribution in [0.3, 0.4) is 0 Å². The number of rotatable bonds is 11. The first-order valence-corrected chi connectivity index (χ1v) is 11.2. The second-order valence-electron chi connectivity index (χ2n) is 7.13. The summed E-state index contributed by atoms with van der Waals surface area (Å²) in [4.78, 5) is 12.0. The van der Waals surface area contributed by atoms with Gasteiger partial charge in [0.05, 0.1) is 26.2 Å². The lowest BCUT2D eigenvalue weighted by atomic mass is 10.1. The second-order valence-corrected chi connectivity index (χ2v) is 8.06. The zero-order valence-corrected chi connectivity index (χ0v) is 19.5. The average molecular weight is 471 g/mol. The Morgan fingerprint density at radius 2 is 1.97 bits per heavy atom. The number of hydrazone groups is 1. The number of benzene rings is 2. The lowest BCUT2D eigenvalue weighted by molar-refractivity contribution is -0.118. The van der Waals surface area contributed by atoms with E-state index < -0.39 is 0 Å². The molecule has 0 saturated carbocycles. The maximum Gasteiger partial charge on any atom is 0.277 e. The van der Waals surface area contributed by atoms with Crippen molar-refractivity contribution in [1.82, 2.24) is 15.6 Å². The van der Waals surface area contributed by atoms with Gasteiger partial charge in [-0.3, -0.25) is 4.79 Å². The van der Waals surface area contributed by atoms with Gasteiger partial charge in [0.2, 0.25) is 5.89 Å². The van der Waals surface area contributed by atoms with E-state index in [2.05, 4.69) is 32.9 Å². The number of aryl methyl sites for hydroxylation is 3. The molecule has 10 heteroatoms. The lowest BCUT2D eigenvalue weighted by Gasteiger charge is -2.06. The van der Waals surface area contributed by atoms with Crippen LogP contribution in [0.4, 0.5) is 0 Å². The van der Waals surface area contributed by atoms with E-state index in [-0.39, 0.29) is 17.4 Å². The van der Waals surface area contributed by atoms with Crippen LogP contribution in [-0.2, 0) is 17.6 Å². The number of ether oxygens (including phenoxy) is 2. The Balaban J connectivity index is 1.39. The fraction of sp³-hybridized carbons (Fsp3) is 0.304. The zero-order chi connectivity index (χ0) is 23.6. The molecule has 33 heavy (non-hydrogen) atoms. The summed E-state index contributed by atoms with van der Waals surface area (Å²) in [5, 5.41) is 21.9. The number of methoxy groups -OCH3 is 2. The number of phenols is 1. The van der Waals surface area contributed by atoms with Crippen LogP contribution in [0, 0.1) is 6.92 Å². The number of carbonyl (C=O) groups excluding carboxylic acids is 1. The van der Waals surface area contributed by atoms with E-state index in [0.29, 0.717) is 28.8 Å².